The summed E-state index contributed by atoms with van der Waals surface area (Å²) in [6.07, 6.45) is 5.92. The monoisotopic (exact) mass is 375 g/mol. The van der Waals surface area contributed by atoms with Crippen LogP contribution in [0.1, 0.15) is 25.1 Å². The van der Waals surface area contributed by atoms with Crippen molar-refractivity contribution in [2.24, 2.45) is 7.05 Å². The molecule has 3 N–H and O–H groups in total. The highest BCUT2D eigenvalue weighted by atomic mass is 35.5. The molecule has 2 heterocycles. The number of aliphatic hydroxyl groups is 1. The van der Waals surface area contributed by atoms with E-state index in [1.165, 1.54) is 12.1 Å². The SMILES string of the molecule is Cl.Cn1c(-c2cccc(F)c2)nc2c(N)nc(/C=C/C3(O)CCC3)nc21. The van der Waals surface area contributed by atoms with Gasteiger partial charge in [0.1, 0.15) is 11.6 Å². The predicted molar refractivity (Wildman–Crippen MR) is 101 cm³/mol. The number of benzene rings is 1. The summed E-state index contributed by atoms with van der Waals surface area (Å²) in [5.74, 6) is 0.901. The smallest absolute Gasteiger partial charge is 0.166 e. The summed E-state index contributed by atoms with van der Waals surface area (Å²) in [5.41, 5.74) is 6.95. The molecule has 1 aromatic carbocycles. The Morgan fingerprint density at radius 3 is 2.69 bits per heavy atom. The predicted octanol–water partition coefficient (Wildman–Crippen LogP) is 3.10. The second kappa shape index (κ2) is 6.66. The molecule has 2 aromatic heterocycles. The number of aryl methyl sites for hydroxylation is 1. The highest BCUT2D eigenvalue weighted by Crippen LogP contribution is 2.33. The van der Waals surface area contributed by atoms with Crippen molar-refractivity contribution in [3.8, 4) is 11.4 Å². The van der Waals surface area contributed by atoms with Crippen LogP contribution in [0.25, 0.3) is 28.6 Å². The molecular formula is C18H19ClFN5O. The number of anilines is 1. The fraction of sp³-hybridized carbons (Fsp3) is 0.278. The molecule has 0 atom stereocenters. The van der Waals surface area contributed by atoms with E-state index in [9.17, 15) is 9.50 Å². The lowest BCUT2D eigenvalue weighted by molar-refractivity contribution is 0.0150. The number of fused-ring (bicyclic) bond motifs is 1. The first-order valence-electron chi connectivity index (χ1n) is 8.13. The molecule has 0 amide bonds. The first-order chi connectivity index (χ1) is 12.0. The van der Waals surface area contributed by atoms with E-state index in [0.29, 0.717) is 28.4 Å². The van der Waals surface area contributed by atoms with Gasteiger partial charge in [0.2, 0.25) is 0 Å². The third-order valence-corrected chi connectivity index (χ3v) is 4.61. The van der Waals surface area contributed by atoms with Crippen LogP contribution in [-0.2, 0) is 7.05 Å². The fourth-order valence-corrected chi connectivity index (χ4v) is 3.00. The van der Waals surface area contributed by atoms with Gasteiger partial charge in [0.05, 0.1) is 5.60 Å². The Labute approximate surface area is 156 Å². The van der Waals surface area contributed by atoms with Crippen molar-refractivity contribution in [2.45, 2.75) is 24.9 Å². The molecule has 1 aliphatic rings. The number of nitrogens with two attached hydrogens (primary N) is 1. The van der Waals surface area contributed by atoms with E-state index < -0.39 is 5.60 Å². The lowest BCUT2D eigenvalue weighted by Gasteiger charge is -2.33. The summed E-state index contributed by atoms with van der Waals surface area (Å²) in [7, 11) is 1.80. The summed E-state index contributed by atoms with van der Waals surface area (Å²) in [5, 5.41) is 10.2. The molecular weight excluding hydrogens is 357 g/mol. The zero-order valence-electron chi connectivity index (χ0n) is 14.2. The molecule has 1 fully saturated rings. The van der Waals surface area contributed by atoms with Crippen molar-refractivity contribution in [3.05, 3.63) is 42.0 Å². The average Bonchev–Trinajstić information content (AvgIpc) is 2.89. The Morgan fingerprint density at radius 2 is 2.04 bits per heavy atom. The van der Waals surface area contributed by atoms with Gasteiger partial charge in [-0.05, 0) is 43.5 Å². The van der Waals surface area contributed by atoms with Gasteiger partial charge in [0.25, 0.3) is 0 Å². The van der Waals surface area contributed by atoms with E-state index in [2.05, 4.69) is 15.0 Å². The summed E-state index contributed by atoms with van der Waals surface area (Å²) in [4.78, 5) is 13.2. The van der Waals surface area contributed by atoms with E-state index in [1.54, 1.807) is 35.9 Å². The second-order valence-corrected chi connectivity index (χ2v) is 6.43. The van der Waals surface area contributed by atoms with Gasteiger partial charge in [0.15, 0.2) is 22.8 Å². The van der Waals surface area contributed by atoms with Gasteiger partial charge in [-0.1, -0.05) is 12.1 Å². The zero-order chi connectivity index (χ0) is 17.6. The lowest BCUT2D eigenvalue weighted by Crippen LogP contribution is -2.33. The van der Waals surface area contributed by atoms with Crippen LogP contribution in [0.2, 0.25) is 0 Å². The number of nitrogen functional groups attached to an aromatic ring is 1. The molecule has 8 heteroatoms. The Morgan fingerprint density at radius 1 is 1.27 bits per heavy atom. The summed E-state index contributed by atoms with van der Waals surface area (Å²) >= 11 is 0. The fourth-order valence-electron chi connectivity index (χ4n) is 3.00. The van der Waals surface area contributed by atoms with E-state index in [4.69, 9.17) is 5.73 Å². The lowest BCUT2D eigenvalue weighted by atomic mass is 9.80. The largest absolute Gasteiger partial charge is 0.386 e. The highest BCUT2D eigenvalue weighted by molar-refractivity contribution is 5.86. The van der Waals surface area contributed by atoms with Crippen molar-refractivity contribution in [1.29, 1.82) is 0 Å². The van der Waals surface area contributed by atoms with Gasteiger partial charge in [0, 0.05) is 12.6 Å². The molecule has 0 unspecified atom stereocenters. The number of rotatable bonds is 3. The Balaban J connectivity index is 0.00000196. The molecule has 0 radical (unpaired) electrons. The zero-order valence-corrected chi connectivity index (χ0v) is 15.0. The minimum absolute atomic E-state index is 0. The normalized spacial score (nSPS) is 15.8. The van der Waals surface area contributed by atoms with Gasteiger partial charge in [-0.25, -0.2) is 19.3 Å². The van der Waals surface area contributed by atoms with Gasteiger partial charge < -0.3 is 15.4 Å². The Hall–Kier alpha value is -2.51. The van der Waals surface area contributed by atoms with Crippen LogP contribution in [-0.4, -0.2) is 30.2 Å². The molecule has 136 valence electrons. The number of imidazole rings is 1. The molecule has 6 nitrogen and oxygen atoms in total. The minimum Gasteiger partial charge on any atom is -0.386 e. The van der Waals surface area contributed by atoms with Crippen LogP contribution in [0.5, 0.6) is 0 Å². The highest BCUT2D eigenvalue weighted by Gasteiger charge is 2.31. The van der Waals surface area contributed by atoms with E-state index >= 15 is 0 Å². The molecule has 0 saturated heterocycles. The number of halogens is 2. The number of hydrogen-bond acceptors (Lipinski definition) is 5. The maximum absolute atomic E-state index is 13.5. The van der Waals surface area contributed by atoms with Crippen LogP contribution >= 0.6 is 12.4 Å². The van der Waals surface area contributed by atoms with Crippen LogP contribution in [0, 0.1) is 5.82 Å². The van der Waals surface area contributed by atoms with E-state index in [0.717, 1.165) is 19.3 Å². The Bertz CT molecular complexity index is 997. The molecule has 4 rings (SSSR count). The number of nitrogens with zero attached hydrogens (tertiary/aromatic N) is 4. The quantitative estimate of drug-likeness (QED) is 0.734. The van der Waals surface area contributed by atoms with Gasteiger partial charge >= 0.3 is 0 Å². The van der Waals surface area contributed by atoms with Gasteiger partial charge in [-0.15, -0.1) is 12.4 Å². The molecule has 0 spiro atoms. The van der Waals surface area contributed by atoms with Crippen molar-refractivity contribution in [1.82, 2.24) is 19.5 Å². The first-order valence-corrected chi connectivity index (χ1v) is 8.13. The maximum Gasteiger partial charge on any atom is 0.166 e. The van der Waals surface area contributed by atoms with Gasteiger partial charge in [-0.2, -0.15) is 0 Å². The topological polar surface area (TPSA) is 89.9 Å². The second-order valence-electron chi connectivity index (χ2n) is 6.43. The molecule has 26 heavy (non-hydrogen) atoms. The van der Waals surface area contributed by atoms with Crippen molar-refractivity contribution in [2.75, 3.05) is 5.73 Å². The van der Waals surface area contributed by atoms with Crippen LogP contribution in [0.3, 0.4) is 0 Å². The van der Waals surface area contributed by atoms with E-state index in [-0.39, 0.29) is 24.0 Å². The minimum atomic E-state index is -0.758. The van der Waals surface area contributed by atoms with Crippen molar-refractivity contribution in [3.63, 3.8) is 0 Å². The molecule has 1 saturated carbocycles. The van der Waals surface area contributed by atoms with E-state index in [1.807, 2.05) is 0 Å². The van der Waals surface area contributed by atoms with Crippen molar-refractivity contribution >= 4 is 35.5 Å². The average molecular weight is 376 g/mol. The summed E-state index contributed by atoms with van der Waals surface area (Å²) in [6, 6.07) is 6.21. The molecule has 1 aliphatic carbocycles. The third kappa shape index (κ3) is 3.15. The molecule has 3 aromatic rings. The standard InChI is InChI=1S/C18H18FN5O.ClH/c1-24-16(11-4-2-5-12(19)10-11)23-14-15(20)21-13(22-17(14)24)6-9-18(25)7-3-8-18;/h2,4-6,9-10,25H,3,7-8H2,1H3,(H2,20,21,22);1H/b9-6+;. The van der Waals surface area contributed by atoms with Crippen LogP contribution in [0.15, 0.2) is 30.3 Å². The maximum atomic E-state index is 13.5. The van der Waals surface area contributed by atoms with Crippen LogP contribution in [0.4, 0.5) is 10.2 Å². The molecule has 0 bridgehead atoms. The Kier molecular flexibility index (Phi) is 4.68. The summed E-state index contributed by atoms with van der Waals surface area (Å²) in [6.45, 7) is 0. The van der Waals surface area contributed by atoms with Crippen molar-refractivity contribution < 1.29 is 9.50 Å². The number of aromatic nitrogens is 4. The molecule has 0 aliphatic heterocycles. The number of hydrogen-bond donors (Lipinski definition) is 2. The van der Waals surface area contributed by atoms with Gasteiger partial charge in [-0.3, -0.25) is 0 Å². The summed E-state index contributed by atoms with van der Waals surface area (Å²) < 4.78 is 15.3. The first kappa shape index (κ1) is 18.3. The van der Waals surface area contributed by atoms with Crippen LogP contribution < -0.4 is 5.73 Å². The third-order valence-electron chi connectivity index (χ3n) is 4.61.